The first-order valence-corrected chi connectivity index (χ1v) is 6.85. The molecule has 1 aromatic rings. The molecule has 0 aromatic heterocycles. The van der Waals surface area contributed by atoms with Crippen LogP contribution in [-0.2, 0) is 6.54 Å². The lowest BCUT2D eigenvalue weighted by atomic mass is 9.86. The standard InChI is InChI=1S/C15H21NO3/c17-10-12-3-7-14(8-4-12)16-9-11-1-5-13(6-2-11)15(18)19/h1-2,5-6,12,14,16-17H,3-4,7-10H2,(H,18,19). The van der Waals surface area contributed by atoms with E-state index in [1.807, 2.05) is 12.1 Å². The van der Waals surface area contributed by atoms with Crippen molar-refractivity contribution >= 4 is 5.97 Å². The molecular weight excluding hydrogens is 242 g/mol. The average Bonchev–Trinajstić information content (AvgIpc) is 2.46. The summed E-state index contributed by atoms with van der Waals surface area (Å²) in [4.78, 5) is 10.7. The molecule has 0 unspecified atom stereocenters. The lowest BCUT2D eigenvalue weighted by Gasteiger charge is -2.28. The molecule has 0 amide bonds. The number of aliphatic hydroxyl groups is 1. The predicted molar refractivity (Wildman–Crippen MR) is 73.1 cm³/mol. The third-order valence-electron chi connectivity index (χ3n) is 3.90. The number of hydrogen-bond acceptors (Lipinski definition) is 3. The molecule has 0 spiro atoms. The smallest absolute Gasteiger partial charge is 0.335 e. The number of benzene rings is 1. The molecule has 19 heavy (non-hydrogen) atoms. The Morgan fingerprint density at radius 2 is 1.79 bits per heavy atom. The van der Waals surface area contributed by atoms with Crippen molar-refractivity contribution in [1.82, 2.24) is 5.32 Å². The molecule has 3 N–H and O–H groups in total. The molecule has 2 rings (SSSR count). The fraction of sp³-hybridized carbons (Fsp3) is 0.533. The van der Waals surface area contributed by atoms with Crippen molar-refractivity contribution in [3.63, 3.8) is 0 Å². The topological polar surface area (TPSA) is 69.6 Å². The van der Waals surface area contributed by atoms with Crippen LogP contribution in [0.25, 0.3) is 0 Å². The van der Waals surface area contributed by atoms with Crippen LogP contribution in [0.2, 0.25) is 0 Å². The van der Waals surface area contributed by atoms with E-state index in [0.29, 0.717) is 24.1 Å². The van der Waals surface area contributed by atoms with Gasteiger partial charge in [0.05, 0.1) is 5.56 Å². The maximum Gasteiger partial charge on any atom is 0.335 e. The van der Waals surface area contributed by atoms with Gasteiger partial charge >= 0.3 is 5.97 Å². The fourth-order valence-electron chi connectivity index (χ4n) is 2.58. The molecule has 0 heterocycles. The van der Waals surface area contributed by atoms with Crippen molar-refractivity contribution < 1.29 is 15.0 Å². The number of rotatable bonds is 5. The SMILES string of the molecule is O=C(O)c1ccc(CNC2CCC(CO)CC2)cc1. The summed E-state index contributed by atoms with van der Waals surface area (Å²) in [5, 5.41) is 21.4. The maximum atomic E-state index is 10.7. The van der Waals surface area contributed by atoms with Gasteiger partial charge in [-0.2, -0.15) is 0 Å². The van der Waals surface area contributed by atoms with Crippen LogP contribution < -0.4 is 5.32 Å². The van der Waals surface area contributed by atoms with Gasteiger partial charge in [-0.3, -0.25) is 0 Å². The van der Waals surface area contributed by atoms with E-state index >= 15 is 0 Å². The minimum atomic E-state index is -0.887. The van der Waals surface area contributed by atoms with Crippen molar-refractivity contribution in [3.05, 3.63) is 35.4 Å². The second-order valence-corrected chi connectivity index (χ2v) is 5.28. The van der Waals surface area contributed by atoms with E-state index in [9.17, 15) is 4.79 Å². The Morgan fingerprint density at radius 1 is 1.16 bits per heavy atom. The van der Waals surface area contributed by atoms with E-state index in [4.69, 9.17) is 10.2 Å². The summed E-state index contributed by atoms with van der Waals surface area (Å²) in [6.07, 6.45) is 4.40. The van der Waals surface area contributed by atoms with Gasteiger partial charge < -0.3 is 15.5 Å². The fourth-order valence-corrected chi connectivity index (χ4v) is 2.58. The lowest BCUT2D eigenvalue weighted by Crippen LogP contribution is -2.33. The Hall–Kier alpha value is -1.39. The summed E-state index contributed by atoms with van der Waals surface area (Å²) in [5.74, 6) is -0.408. The molecule has 104 valence electrons. The van der Waals surface area contributed by atoms with Crippen LogP contribution in [0, 0.1) is 5.92 Å². The van der Waals surface area contributed by atoms with E-state index in [1.165, 1.54) is 0 Å². The quantitative estimate of drug-likeness (QED) is 0.760. The van der Waals surface area contributed by atoms with E-state index in [1.54, 1.807) is 12.1 Å². The molecule has 1 fully saturated rings. The maximum absolute atomic E-state index is 10.7. The van der Waals surface area contributed by atoms with Gasteiger partial charge in [0.15, 0.2) is 0 Å². The van der Waals surface area contributed by atoms with Gasteiger partial charge in [0, 0.05) is 19.2 Å². The van der Waals surface area contributed by atoms with Crippen molar-refractivity contribution in [1.29, 1.82) is 0 Å². The highest BCUT2D eigenvalue weighted by Crippen LogP contribution is 2.23. The Morgan fingerprint density at radius 3 is 2.32 bits per heavy atom. The third kappa shape index (κ3) is 4.04. The zero-order valence-corrected chi connectivity index (χ0v) is 11.0. The summed E-state index contributed by atoms with van der Waals surface area (Å²) in [6.45, 7) is 1.08. The van der Waals surface area contributed by atoms with Crippen molar-refractivity contribution in [2.24, 2.45) is 5.92 Å². The highest BCUT2D eigenvalue weighted by atomic mass is 16.4. The third-order valence-corrected chi connectivity index (χ3v) is 3.90. The van der Waals surface area contributed by atoms with Crippen LogP contribution in [0.5, 0.6) is 0 Å². The molecule has 0 atom stereocenters. The normalized spacial score (nSPS) is 23.2. The predicted octanol–water partition coefficient (Wildman–Crippen LogP) is 2.03. The van der Waals surface area contributed by atoms with Gasteiger partial charge in [0.2, 0.25) is 0 Å². The number of carboxylic acid groups (broad SMARTS) is 1. The minimum absolute atomic E-state index is 0.309. The summed E-state index contributed by atoms with van der Waals surface area (Å²) in [6, 6.07) is 7.51. The van der Waals surface area contributed by atoms with Crippen molar-refractivity contribution in [3.8, 4) is 0 Å². The van der Waals surface area contributed by atoms with Gasteiger partial charge in [-0.05, 0) is 49.3 Å². The zero-order chi connectivity index (χ0) is 13.7. The molecule has 1 aliphatic carbocycles. The average molecular weight is 263 g/mol. The molecular formula is C15H21NO3. The number of aromatic carboxylic acids is 1. The largest absolute Gasteiger partial charge is 0.478 e. The first-order valence-electron chi connectivity index (χ1n) is 6.85. The van der Waals surface area contributed by atoms with Crippen molar-refractivity contribution in [2.45, 2.75) is 38.3 Å². The monoisotopic (exact) mass is 263 g/mol. The molecule has 1 saturated carbocycles. The Labute approximate surface area is 113 Å². The molecule has 0 bridgehead atoms. The van der Waals surface area contributed by atoms with Gasteiger partial charge in [0.1, 0.15) is 0 Å². The van der Waals surface area contributed by atoms with Crippen LogP contribution in [0.1, 0.15) is 41.6 Å². The molecule has 4 nitrogen and oxygen atoms in total. The summed E-state index contributed by atoms with van der Waals surface area (Å²) in [5.41, 5.74) is 1.43. The van der Waals surface area contributed by atoms with E-state index in [0.717, 1.165) is 37.8 Å². The van der Waals surface area contributed by atoms with Crippen LogP contribution in [-0.4, -0.2) is 28.8 Å². The second-order valence-electron chi connectivity index (χ2n) is 5.28. The molecule has 1 aliphatic rings. The van der Waals surface area contributed by atoms with Crippen LogP contribution in [0.3, 0.4) is 0 Å². The highest BCUT2D eigenvalue weighted by Gasteiger charge is 2.19. The van der Waals surface area contributed by atoms with Gasteiger partial charge in [-0.25, -0.2) is 4.79 Å². The molecule has 4 heteroatoms. The van der Waals surface area contributed by atoms with Crippen molar-refractivity contribution in [2.75, 3.05) is 6.61 Å². The summed E-state index contributed by atoms with van der Waals surface area (Å²) < 4.78 is 0. The number of carbonyl (C=O) groups is 1. The number of nitrogens with one attached hydrogen (secondary N) is 1. The first-order chi connectivity index (χ1) is 9.19. The molecule has 0 aliphatic heterocycles. The summed E-state index contributed by atoms with van der Waals surface area (Å²) >= 11 is 0. The minimum Gasteiger partial charge on any atom is -0.478 e. The Balaban J connectivity index is 1.78. The first kappa shape index (κ1) is 14.0. The van der Waals surface area contributed by atoms with Crippen LogP contribution in [0.15, 0.2) is 24.3 Å². The highest BCUT2D eigenvalue weighted by molar-refractivity contribution is 5.87. The lowest BCUT2D eigenvalue weighted by molar-refractivity contribution is 0.0697. The van der Waals surface area contributed by atoms with E-state index in [2.05, 4.69) is 5.32 Å². The van der Waals surface area contributed by atoms with Crippen LogP contribution >= 0.6 is 0 Å². The molecule has 1 aromatic carbocycles. The Kier molecular flexibility index (Phi) is 4.93. The van der Waals surface area contributed by atoms with Gasteiger partial charge in [-0.15, -0.1) is 0 Å². The molecule has 0 saturated heterocycles. The number of aliphatic hydroxyl groups excluding tert-OH is 1. The van der Waals surface area contributed by atoms with Gasteiger partial charge in [-0.1, -0.05) is 12.1 Å². The number of carboxylic acids is 1. The van der Waals surface area contributed by atoms with Crippen LogP contribution in [0.4, 0.5) is 0 Å². The Bertz CT molecular complexity index is 408. The molecule has 0 radical (unpaired) electrons. The number of hydrogen-bond donors (Lipinski definition) is 3. The summed E-state index contributed by atoms with van der Waals surface area (Å²) in [7, 11) is 0. The van der Waals surface area contributed by atoms with E-state index < -0.39 is 5.97 Å². The van der Waals surface area contributed by atoms with Gasteiger partial charge in [0.25, 0.3) is 0 Å². The second kappa shape index (κ2) is 6.68. The van der Waals surface area contributed by atoms with E-state index in [-0.39, 0.29) is 0 Å². The zero-order valence-electron chi connectivity index (χ0n) is 11.0.